The van der Waals surface area contributed by atoms with E-state index in [1.807, 2.05) is 0 Å². The van der Waals surface area contributed by atoms with Gasteiger partial charge in [-0.15, -0.1) is 8.78 Å². The molecule has 0 N–H and O–H groups in total. The van der Waals surface area contributed by atoms with Crippen molar-refractivity contribution in [3.63, 3.8) is 0 Å². The summed E-state index contributed by atoms with van der Waals surface area (Å²) >= 11 is 0. The molecule has 2 aliphatic rings. The van der Waals surface area contributed by atoms with Gasteiger partial charge in [-0.05, 0) is 43.7 Å². The molecule has 1 fully saturated rings. The number of hydrogen-bond donors (Lipinski definition) is 0. The van der Waals surface area contributed by atoms with E-state index in [4.69, 9.17) is 4.74 Å². The van der Waals surface area contributed by atoms with Crippen molar-refractivity contribution < 1.29 is 31.8 Å². The van der Waals surface area contributed by atoms with Crippen molar-refractivity contribution in [3.8, 4) is 17.2 Å². The zero-order valence-corrected chi connectivity index (χ0v) is 13.4. The Balaban J connectivity index is 1.63. The van der Waals surface area contributed by atoms with Crippen LogP contribution in [0.3, 0.4) is 0 Å². The van der Waals surface area contributed by atoms with Gasteiger partial charge in [0, 0.05) is 6.07 Å². The lowest BCUT2D eigenvalue weighted by molar-refractivity contribution is -0.286. The first kappa shape index (κ1) is 17.2. The third-order valence-corrected chi connectivity index (χ3v) is 4.65. The van der Waals surface area contributed by atoms with Crippen LogP contribution in [0, 0.1) is 11.8 Å². The Hall–Kier alpha value is -1.66. The van der Waals surface area contributed by atoms with Crippen LogP contribution in [-0.2, 0) is 0 Å². The van der Waals surface area contributed by atoms with Crippen LogP contribution in [0.25, 0.3) is 0 Å². The second kappa shape index (κ2) is 6.33. The molecule has 0 saturated heterocycles. The van der Waals surface area contributed by atoms with Gasteiger partial charge in [0.2, 0.25) is 0 Å². The van der Waals surface area contributed by atoms with Gasteiger partial charge in [-0.3, -0.25) is 0 Å². The Morgan fingerprint density at radius 2 is 1.79 bits per heavy atom. The van der Waals surface area contributed by atoms with Crippen LogP contribution >= 0.6 is 0 Å². The minimum atomic E-state index is -3.78. The van der Waals surface area contributed by atoms with E-state index in [0.29, 0.717) is 18.8 Å². The molecule has 0 atom stereocenters. The van der Waals surface area contributed by atoms with Gasteiger partial charge in [-0.1, -0.05) is 19.8 Å². The summed E-state index contributed by atoms with van der Waals surface area (Å²) in [6, 6.07) is 3.33. The van der Waals surface area contributed by atoms with Crippen LogP contribution in [0.4, 0.5) is 17.6 Å². The van der Waals surface area contributed by atoms with E-state index < -0.39 is 18.3 Å². The molecule has 3 rings (SSSR count). The Bertz CT molecular complexity index is 583. The molecule has 1 aliphatic carbocycles. The largest absolute Gasteiger partial charge is 0.586 e. The molecule has 1 saturated carbocycles. The SMILES string of the molecule is CCCC1CCC(C(F)(F)Oc2ccc3c(c2)OC(F)(F)O3)CC1. The second-order valence-corrected chi connectivity index (χ2v) is 6.45. The molecule has 134 valence electrons. The standard InChI is InChI=1S/C17H20F4O3/c1-2-3-11-4-6-12(7-5-11)16(18,19)22-13-8-9-14-15(10-13)24-17(20,21)23-14/h8-12H,2-7H2,1H3. The van der Waals surface area contributed by atoms with Gasteiger partial charge in [0.15, 0.2) is 11.5 Å². The predicted molar refractivity (Wildman–Crippen MR) is 78.6 cm³/mol. The Kier molecular flexibility index (Phi) is 4.53. The smallest absolute Gasteiger partial charge is 0.432 e. The van der Waals surface area contributed by atoms with Gasteiger partial charge in [-0.25, -0.2) is 0 Å². The van der Waals surface area contributed by atoms with E-state index in [2.05, 4.69) is 16.4 Å². The quantitative estimate of drug-likeness (QED) is 0.650. The topological polar surface area (TPSA) is 27.7 Å². The van der Waals surface area contributed by atoms with Crippen molar-refractivity contribution in [2.75, 3.05) is 0 Å². The van der Waals surface area contributed by atoms with Crippen LogP contribution in [0.2, 0.25) is 0 Å². The number of halogens is 4. The first-order valence-electron chi connectivity index (χ1n) is 8.26. The molecule has 0 radical (unpaired) electrons. The average Bonchev–Trinajstić information content (AvgIpc) is 2.81. The summed E-state index contributed by atoms with van der Waals surface area (Å²) in [5, 5.41) is 0. The summed E-state index contributed by atoms with van der Waals surface area (Å²) in [5.41, 5.74) is 0. The maximum atomic E-state index is 14.4. The molecular weight excluding hydrogens is 328 g/mol. The highest BCUT2D eigenvalue weighted by Crippen LogP contribution is 2.45. The fraction of sp³-hybridized carbons (Fsp3) is 0.647. The molecule has 1 aliphatic heterocycles. The van der Waals surface area contributed by atoms with E-state index in [1.54, 1.807) is 0 Å². The van der Waals surface area contributed by atoms with Crippen LogP contribution < -0.4 is 14.2 Å². The summed E-state index contributed by atoms with van der Waals surface area (Å²) in [6.07, 6.45) is -2.65. The van der Waals surface area contributed by atoms with Crippen molar-refractivity contribution in [1.82, 2.24) is 0 Å². The van der Waals surface area contributed by atoms with Crippen molar-refractivity contribution in [1.29, 1.82) is 0 Å². The molecule has 1 aromatic carbocycles. The lowest BCUT2D eigenvalue weighted by Crippen LogP contribution is -2.37. The second-order valence-electron chi connectivity index (χ2n) is 6.45. The number of rotatable bonds is 5. The van der Waals surface area contributed by atoms with Crippen LogP contribution in [-0.4, -0.2) is 12.4 Å². The molecule has 0 unspecified atom stereocenters. The molecule has 0 aromatic heterocycles. The number of benzene rings is 1. The summed E-state index contributed by atoms with van der Waals surface area (Å²) in [5.74, 6) is -1.07. The van der Waals surface area contributed by atoms with Crippen LogP contribution in [0.5, 0.6) is 17.2 Å². The molecule has 0 amide bonds. The molecule has 0 bridgehead atoms. The van der Waals surface area contributed by atoms with Gasteiger partial charge in [0.25, 0.3) is 0 Å². The van der Waals surface area contributed by atoms with E-state index >= 15 is 0 Å². The molecule has 1 aromatic rings. The van der Waals surface area contributed by atoms with Gasteiger partial charge in [0.05, 0.1) is 5.92 Å². The monoisotopic (exact) mass is 348 g/mol. The zero-order valence-electron chi connectivity index (χ0n) is 13.4. The van der Waals surface area contributed by atoms with Crippen LogP contribution in [0.15, 0.2) is 18.2 Å². The third-order valence-electron chi connectivity index (χ3n) is 4.65. The maximum absolute atomic E-state index is 14.4. The normalized spacial score (nSPS) is 25.5. The fourth-order valence-electron chi connectivity index (χ4n) is 3.43. The predicted octanol–water partition coefficient (Wildman–Crippen LogP) is 5.59. The highest BCUT2D eigenvalue weighted by atomic mass is 19.3. The Labute approximate surface area is 137 Å². The molecule has 7 heteroatoms. The Morgan fingerprint density at radius 3 is 2.46 bits per heavy atom. The first-order valence-corrected chi connectivity index (χ1v) is 8.26. The minimum absolute atomic E-state index is 0.198. The van der Waals surface area contributed by atoms with Crippen molar-refractivity contribution in [2.45, 2.75) is 57.9 Å². The minimum Gasteiger partial charge on any atom is -0.432 e. The molecule has 0 spiro atoms. The number of ether oxygens (including phenoxy) is 3. The van der Waals surface area contributed by atoms with Gasteiger partial charge < -0.3 is 14.2 Å². The first-order chi connectivity index (χ1) is 11.3. The van der Waals surface area contributed by atoms with E-state index in [0.717, 1.165) is 37.8 Å². The third kappa shape index (κ3) is 3.70. The summed E-state index contributed by atoms with van der Waals surface area (Å²) in [6.45, 7) is 2.09. The highest BCUT2D eigenvalue weighted by molar-refractivity contribution is 5.47. The summed E-state index contributed by atoms with van der Waals surface area (Å²) in [7, 11) is 0. The molecule has 1 heterocycles. The maximum Gasteiger partial charge on any atom is 0.586 e. The van der Waals surface area contributed by atoms with Gasteiger partial charge in [0.1, 0.15) is 5.75 Å². The summed E-state index contributed by atoms with van der Waals surface area (Å²) in [4.78, 5) is 0. The van der Waals surface area contributed by atoms with E-state index in [1.165, 1.54) is 6.07 Å². The number of hydrogen-bond acceptors (Lipinski definition) is 3. The van der Waals surface area contributed by atoms with Gasteiger partial charge >= 0.3 is 12.4 Å². The molecule has 3 nitrogen and oxygen atoms in total. The fourth-order valence-corrected chi connectivity index (χ4v) is 3.43. The lowest BCUT2D eigenvalue weighted by Gasteiger charge is -2.33. The average molecular weight is 348 g/mol. The van der Waals surface area contributed by atoms with Crippen molar-refractivity contribution >= 4 is 0 Å². The zero-order chi connectivity index (χ0) is 17.4. The van der Waals surface area contributed by atoms with E-state index in [-0.39, 0.29) is 17.2 Å². The molecular formula is C17H20F4O3. The highest BCUT2D eigenvalue weighted by Gasteiger charge is 2.46. The van der Waals surface area contributed by atoms with Gasteiger partial charge in [-0.2, -0.15) is 8.78 Å². The van der Waals surface area contributed by atoms with Crippen molar-refractivity contribution in [2.24, 2.45) is 11.8 Å². The van der Waals surface area contributed by atoms with E-state index in [9.17, 15) is 17.6 Å². The van der Waals surface area contributed by atoms with Crippen LogP contribution in [0.1, 0.15) is 45.4 Å². The molecule has 24 heavy (non-hydrogen) atoms. The number of fused-ring (bicyclic) bond motifs is 1. The summed E-state index contributed by atoms with van der Waals surface area (Å²) < 4.78 is 68.0. The van der Waals surface area contributed by atoms with Crippen molar-refractivity contribution in [3.05, 3.63) is 18.2 Å². The lowest BCUT2D eigenvalue weighted by atomic mass is 9.79. The number of alkyl halides is 4. The Morgan fingerprint density at radius 1 is 1.12 bits per heavy atom.